The number of ketones is 1. The highest BCUT2D eigenvalue weighted by Crippen LogP contribution is 2.23. The van der Waals surface area contributed by atoms with Crippen molar-refractivity contribution in [1.29, 1.82) is 0 Å². The van der Waals surface area contributed by atoms with Crippen molar-refractivity contribution >= 4 is 23.4 Å². The number of rotatable bonds is 4. The lowest BCUT2D eigenvalue weighted by Crippen LogP contribution is -2.45. The van der Waals surface area contributed by atoms with Crippen LogP contribution in [-0.4, -0.2) is 40.9 Å². The van der Waals surface area contributed by atoms with Gasteiger partial charge in [-0.25, -0.2) is 0 Å². The number of hydrogen-bond acceptors (Lipinski definition) is 3. The summed E-state index contributed by atoms with van der Waals surface area (Å²) in [7, 11) is 0. The number of carbonyl (C=O) groups excluding carboxylic acids is 1. The van der Waals surface area contributed by atoms with Gasteiger partial charge in [-0.1, -0.05) is 11.6 Å². The van der Waals surface area contributed by atoms with Crippen LogP contribution in [0.1, 0.15) is 30.1 Å². The van der Waals surface area contributed by atoms with E-state index in [-0.39, 0.29) is 11.7 Å². The lowest BCUT2D eigenvalue weighted by atomic mass is 9.88. The molecular formula is C15H18ClNO3. The number of aliphatic carboxylic acids is 1. The molecule has 1 atom stereocenters. The molecule has 1 aromatic carbocycles. The van der Waals surface area contributed by atoms with Crippen molar-refractivity contribution in [2.75, 3.05) is 13.1 Å². The van der Waals surface area contributed by atoms with Gasteiger partial charge in [0.05, 0.1) is 0 Å². The molecule has 20 heavy (non-hydrogen) atoms. The SMILES string of the molecule is CC(C(=O)O)N1CCC(C(=O)c2ccc(Cl)cc2)CC1. The molecule has 0 saturated carbocycles. The van der Waals surface area contributed by atoms with Gasteiger partial charge in [0.1, 0.15) is 6.04 Å². The molecule has 0 bridgehead atoms. The Balaban J connectivity index is 1.95. The maximum absolute atomic E-state index is 12.3. The van der Waals surface area contributed by atoms with Crippen LogP contribution in [0.5, 0.6) is 0 Å². The van der Waals surface area contributed by atoms with E-state index in [0.717, 1.165) is 0 Å². The van der Waals surface area contributed by atoms with E-state index in [1.807, 2.05) is 4.90 Å². The van der Waals surface area contributed by atoms with E-state index in [9.17, 15) is 9.59 Å². The topological polar surface area (TPSA) is 57.6 Å². The molecule has 1 aromatic rings. The molecule has 1 N–H and O–H groups in total. The minimum absolute atomic E-state index is 0.0200. The quantitative estimate of drug-likeness (QED) is 0.868. The van der Waals surface area contributed by atoms with E-state index >= 15 is 0 Å². The van der Waals surface area contributed by atoms with Crippen molar-refractivity contribution in [3.8, 4) is 0 Å². The van der Waals surface area contributed by atoms with Crippen molar-refractivity contribution in [3.05, 3.63) is 34.9 Å². The summed E-state index contributed by atoms with van der Waals surface area (Å²) >= 11 is 5.81. The van der Waals surface area contributed by atoms with Gasteiger partial charge in [-0.15, -0.1) is 0 Å². The zero-order valence-corrected chi connectivity index (χ0v) is 12.1. The number of halogens is 1. The first-order valence-electron chi connectivity index (χ1n) is 6.75. The van der Waals surface area contributed by atoms with E-state index < -0.39 is 12.0 Å². The summed E-state index contributed by atoms with van der Waals surface area (Å²) in [5.41, 5.74) is 0.680. The second-order valence-corrected chi connectivity index (χ2v) is 5.63. The molecule has 0 radical (unpaired) electrons. The number of carboxylic acid groups (broad SMARTS) is 1. The molecule has 1 aliphatic heterocycles. The fourth-order valence-corrected chi connectivity index (χ4v) is 2.68. The Morgan fingerprint density at radius 3 is 2.30 bits per heavy atom. The predicted molar refractivity (Wildman–Crippen MR) is 77.2 cm³/mol. The number of carboxylic acids is 1. The number of benzene rings is 1. The van der Waals surface area contributed by atoms with Gasteiger partial charge >= 0.3 is 5.97 Å². The monoisotopic (exact) mass is 295 g/mol. The van der Waals surface area contributed by atoms with Gasteiger partial charge in [0.2, 0.25) is 0 Å². The van der Waals surface area contributed by atoms with E-state index in [1.54, 1.807) is 31.2 Å². The summed E-state index contributed by atoms with van der Waals surface area (Å²) in [5.74, 6) is -0.704. The molecule has 1 heterocycles. The second-order valence-electron chi connectivity index (χ2n) is 5.20. The molecule has 4 nitrogen and oxygen atoms in total. The van der Waals surface area contributed by atoms with E-state index in [0.29, 0.717) is 36.5 Å². The third-order valence-corrected chi connectivity index (χ3v) is 4.19. The Morgan fingerprint density at radius 2 is 1.80 bits per heavy atom. The lowest BCUT2D eigenvalue weighted by Gasteiger charge is -2.33. The molecule has 0 amide bonds. The molecule has 108 valence electrons. The van der Waals surface area contributed by atoms with E-state index in [4.69, 9.17) is 16.7 Å². The maximum Gasteiger partial charge on any atom is 0.320 e. The highest BCUT2D eigenvalue weighted by molar-refractivity contribution is 6.30. The second kappa shape index (κ2) is 6.37. The first-order valence-corrected chi connectivity index (χ1v) is 7.13. The van der Waals surface area contributed by atoms with Crippen LogP contribution >= 0.6 is 11.6 Å². The lowest BCUT2D eigenvalue weighted by molar-refractivity contribution is -0.143. The van der Waals surface area contributed by atoms with E-state index in [1.165, 1.54) is 0 Å². The van der Waals surface area contributed by atoms with Gasteiger partial charge in [-0.2, -0.15) is 0 Å². The van der Waals surface area contributed by atoms with Crippen LogP contribution in [-0.2, 0) is 4.79 Å². The largest absolute Gasteiger partial charge is 0.480 e. The smallest absolute Gasteiger partial charge is 0.320 e. The van der Waals surface area contributed by atoms with Crippen LogP contribution in [0.2, 0.25) is 5.02 Å². The number of hydrogen-bond donors (Lipinski definition) is 1. The molecular weight excluding hydrogens is 278 g/mol. The summed E-state index contributed by atoms with van der Waals surface area (Å²) in [5, 5.41) is 9.61. The van der Waals surface area contributed by atoms with Crippen molar-refractivity contribution in [2.24, 2.45) is 5.92 Å². The van der Waals surface area contributed by atoms with Crippen LogP contribution in [0, 0.1) is 5.92 Å². The summed E-state index contributed by atoms with van der Waals surface area (Å²) in [4.78, 5) is 25.2. The summed E-state index contributed by atoms with van der Waals surface area (Å²) in [6.07, 6.45) is 1.41. The third-order valence-electron chi connectivity index (χ3n) is 3.93. The Kier molecular flexibility index (Phi) is 4.78. The van der Waals surface area contributed by atoms with Gasteiger partial charge in [-0.05, 0) is 57.1 Å². The Hall–Kier alpha value is -1.39. The molecule has 0 spiro atoms. The fourth-order valence-electron chi connectivity index (χ4n) is 2.55. The Labute approximate surface area is 123 Å². The molecule has 0 aliphatic carbocycles. The minimum Gasteiger partial charge on any atom is -0.480 e. The Bertz CT molecular complexity index is 492. The highest BCUT2D eigenvalue weighted by atomic mass is 35.5. The average Bonchev–Trinajstić information content (AvgIpc) is 2.46. The minimum atomic E-state index is -0.813. The maximum atomic E-state index is 12.3. The van der Waals surface area contributed by atoms with Crippen LogP contribution in [0.15, 0.2) is 24.3 Å². The molecule has 5 heteroatoms. The van der Waals surface area contributed by atoms with Gasteiger partial charge < -0.3 is 5.11 Å². The predicted octanol–water partition coefficient (Wildman–Crippen LogP) is 2.71. The molecule has 1 aliphatic rings. The molecule has 1 unspecified atom stereocenters. The average molecular weight is 296 g/mol. The summed E-state index contributed by atoms with van der Waals surface area (Å²) < 4.78 is 0. The van der Waals surface area contributed by atoms with Gasteiger partial charge in [0.25, 0.3) is 0 Å². The number of likely N-dealkylation sites (tertiary alicyclic amines) is 1. The fraction of sp³-hybridized carbons (Fsp3) is 0.467. The zero-order valence-electron chi connectivity index (χ0n) is 11.4. The first-order chi connectivity index (χ1) is 9.49. The first kappa shape index (κ1) is 15.0. The van der Waals surface area contributed by atoms with Crippen LogP contribution in [0.3, 0.4) is 0 Å². The zero-order chi connectivity index (χ0) is 14.7. The van der Waals surface area contributed by atoms with Gasteiger partial charge in [0, 0.05) is 16.5 Å². The van der Waals surface area contributed by atoms with Crippen molar-refractivity contribution in [3.63, 3.8) is 0 Å². The van der Waals surface area contributed by atoms with Crippen LogP contribution < -0.4 is 0 Å². The van der Waals surface area contributed by atoms with Gasteiger partial charge in [-0.3, -0.25) is 14.5 Å². The highest BCUT2D eigenvalue weighted by Gasteiger charge is 2.29. The van der Waals surface area contributed by atoms with E-state index in [2.05, 4.69) is 0 Å². The van der Waals surface area contributed by atoms with Crippen molar-refractivity contribution in [2.45, 2.75) is 25.8 Å². The summed E-state index contributed by atoms with van der Waals surface area (Å²) in [6.45, 7) is 2.98. The molecule has 0 aromatic heterocycles. The summed E-state index contributed by atoms with van der Waals surface area (Å²) in [6, 6.07) is 6.45. The van der Waals surface area contributed by atoms with Crippen molar-refractivity contribution in [1.82, 2.24) is 4.90 Å². The standard InChI is InChI=1S/C15H18ClNO3/c1-10(15(19)20)17-8-6-12(7-9-17)14(18)11-2-4-13(16)5-3-11/h2-5,10,12H,6-9H2,1H3,(H,19,20). The van der Waals surface area contributed by atoms with Crippen LogP contribution in [0.25, 0.3) is 0 Å². The molecule has 1 fully saturated rings. The normalized spacial score (nSPS) is 18.7. The Morgan fingerprint density at radius 1 is 1.25 bits per heavy atom. The van der Waals surface area contributed by atoms with Crippen molar-refractivity contribution < 1.29 is 14.7 Å². The van der Waals surface area contributed by atoms with Gasteiger partial charge in [0.15, 0.2) is 5.78 Å². The molecule has 1 saturated heterocycles. The van der Waals surface area contributed by atoms with Crippen LogP contribution in [0.4, 0.5) is 0 Å². The number of piperidine rings is 1. The molecule has 2 rings (SSSR count). The third kappa shape index (κ3) is 3.38. The number of Topliss-reactive ketones (excluding diaryl/α,β-unsaturated/α-hetero) is 1. The number of carbonyl (C=O) groups is 2. The number of nitrogens with zero attached hydrogens (tertiary/aromatic N) is 1.